The molecule has 2 amide bonds. The van der Waals surface area contributed by atoms with E-state index in [1.807, 2.05) is 0 Å². The number of nitrogens with zero attached hydrogens (tertiary/aromatic N) is 1. The second kappa shape index (κ2) is 4.81. The van der Waals surface area contributed by atoms with Gasteiger partial charge in [-0.2, -0.15) is 0 Å². The Balaban J connectivity index is 2.41. The van der Waals surface area contributed by atoms with Crippen molar-refractivity contribution in [3.05, 3.63) is 18.2 Å². The van der Waals surface area contributed by atoms with Crippen molar-refractivity contribution in [1.29, 1.82) is 0 Å². The summed E-state index contributed by atoms with van der Waals surface area (Å²) in [6.45, 7) is 1.32. The summed E-state index contributed by atoms with van der Waals surface area (Å²) in [7, 11) is 0. The number of carbonyl (C=O) groups is 3. The van der Waals surface area contributed by atoms with Crippen LogP contribution in [0.5, 0.6) is 0 Å². The average Bonchev–Trinajstić information content (AvgIpc) is 2.27. The summed E-state index contributed by atoms with van der Waals surface area (Å²) < 4.78 is 0. The topological polar surface area (TPSA) is 80.5 Å². The Bertz CT molecular complexity index is 542. The molecule has 0 unspecified atom stereocenters. The molecule has 0 bridgehead atoms. The Labute approximate surface area is 108 Å². The highest BCUT2D eigenvalue weighted by atomic mass is 32.2. The van der Waals surface area contributed by atoms with Crippen LogP contribution in [-0.4, -0.2) is 23.4 Å². The molecule has 1 aromatic rings. The zero-order valence-corrected chi connectivity index (χ0v) is 10.6. The first-order chi connectivity index (χ1) is 8.49. The van der Waals surface area contributed by atoms with Gasteiger partial charge in [0, 0.05) is 10.6 Å². The molecular weight excluding hydrogens is 252 g/mol. The molecule has 1 heterocycles. The fourth-order valence-electron chi connectivity index (χ4n) is 1.74. The van der Waals surface area contributed by atoms with Crippen LogP contribution in [0, 0.1) is 0 Å². The highest BCUT2D eigenvalue weighted by Crippen LogP contribution is 2.36. The maximum absolute atomic E-state index is 11.9. The molecule has 1 aliphatic heterocycles. The second-order valence-electron chi connectivity index (χ2n) is 4.02. The van der Waals surface area contributed by atoms with Crippen molar-refractivity contribution < 1.29 is 14.4 Å². The molecule has 0 aliphatic carbocycles. The number of rotatable bonds is 2. The van der Waals surface area contributed by atoms with Crippen LogP contribution in [0.3, 0.4) is 0 Å². The summed E-state index contributed by atoms with van der Waals surface area (Å²) in [6.07, 6.45) is -0.273. The summed E-state index contributed by atoms with van der Waals surface area (Å²) in [5.41, 5.74) is 6.62. The van der Waals surface area contributed by atoms with Gasteiger partial charge in [-0.25, -0.2) is 4.90 Å². The van der Waals surface area contributed by atoms with Crippen LogP contribution in [0.2, 0.25) is 0 Å². The van der Waals surface area contributed by atoms with Gasteiger partial charge in [0.25, 0.3) is 0 Å². The van der Waals surface area contributed by atoms with Gasteiger partial charge in [-0.15, -0.1) is 11.8 Å². The van der Waals surface area contributed by atoms with Crippen LogP contribution in [0.15, 0.2) is 23.1 Å². The van der Waals surface area contributed by atoms with E-state index in [4.69, 9.17) is 5.73 Å². The fraction of sp³-hybridized carbons (Fsp3) is 0.250. The highest BCUT2D eigenvalue weighted by Gasteiger charge is 2.30. The quantitative estimate of drug-likeness (QED) is 0.641. The van der Waals surface area contributed by atoms with Crippen molar-refractivity contribution in [1.82, 2.24) is 0 Å². The minimum Gasteiger partial charge on any atom is -0.399 e. The van der Waals surface area contributed by atoms with Crippen LogP contribution >= 0.6 is 11.8 Å². The molecule has 0 saturated carbocycles. The molecule has 0 atom stereocenters. The Hall–Kier alpha value is -1.82. The molecule has 0 radical (unpaired) electrons. The van der Waals surface area contributed by atoms with E-state index in [2.05, 4.69) is 0 Å². The van der Waals surface area contributed by atoms with Gasteiger partial charge in [0.1, 0.15) is 5.78 Å². The summed E-state index contributed by atoms with van der Waals surface area (Å²) >= 11 is 1.36. The SMILES string of the molecule is CC(=O)CC(=O)N1C(=O)CSc2ccc(N)cc21. The van der Waals surface area contributed by atoms with Gasteiger partial charge in [0.2, 0.25) is 11.8 Å². The first-order valence-corrected chi connectivity index (χ1v) is 6.35. The maximum atomic E-state index is 11.9. The molecule has 6 heteroatoms. The monoisotopic (exact) mass is 264 g/mol. The molecule has 5 nitrogen and oxygen atoms in total. The molecule has 94 valence electrons. The summed E-state index contributed by atoms with van der Waals surface area (Å²) in [5.74, 6) is -0.888. The molecule has 2 rings (SSSR count). The predicted octanol–water partition coefficient (Wildman–Crippen LogP) is 1.21. The number of Topliss-reactive ketones (excluding diaryl/α,β-unsaturated/α-hetero) is 1. The van der Waals surface area contributed by atoms with E-state index < -0.39 is 5.91 Å². The van der Waals surface area contributed by atoms with Crippen LogP contribution < -0.4 is 10.6 Å². The third kappa shape index (κ3) is 2.38. The molecule has 0 saturated heterocycles. The zero-order chi connectivity index (χ0) is 13.3. The van der Waals surface area contributed by atoms with Gasteiger partial charge in [0.05, 0.1) is 17.9 Å². The number of hydrogen-bond donors (Lipinski definition) is 1. The van der Waals surface area contributed by atoms with Gasteiger partial charge in [0.15, 0.2) is 0 Å². The number of hydrogen-bond acceptors (Lipinski definition) is 5. The van der Waals surface area contributed by atoms with Gasteiger partial charge in [-0.1, -0.05) is 0 Å². The Morgan fingerprint density at radius 1 is 1.44 bits per heavy atom. The summed E-state index contributed by atoms with van der Waals surface area (Å²) in [4.78, 5) is 36.6. The van der Waals surface area contributed by atoms with E-state index in [-0.39, 0.29) is 23.9 Å². The van der Waals surface area contributed by atoms with Gasteiger partial charge in [-0.3, -0.25) is 14.4 Å². The number of nitrogens with two attached hydrogens (primary N) is 1. The second-order valence-corrected chi connectivity index (χ2v) is 5.03. The third-order valence-electron chi connectivity index (χ3n) is 2.47. The minimum absolute atomic E-state index is 0.195. The molecule has 1 aliphatic rings. The predicted molar refractivity (Wildman–Crippen MR) is 69.4 cm³/mol. The number of imide groups is 1. The molecule has 0 fully saturated rings. The molecule has 0 spiro atoms. The van der Waals surface area contributed by atoms with E-state index >= 15 is 0 Å². The minimum atomic E-state index is -0.500. The largest absolute Gasteiger partial charge is 0.399 e. The van der Waals surface area contributed by atoms with Crippen molar-refractivity contribution >= 4 is 40.7 Å². The average molecular weight is 264 g/mol. The molecule has 2 N–H and O–H groups in total. The lowest BCUT2D eigenvalue weighted by molar-refractivity contribution is -0.128. The van der Waals surface area contributed by atoms with Crippen molar-refractivity contribution in [2.75, 3.05) is 16.4 Å². The highest BCUT2D eigenvalue weighted by molar-refractivity contribution is 8.00. The number of carbonyl (C=O) groups excluding carboxylic acids is 3. The smallest absolute Gasteiger partial charge is 0.244 e. The standard InChI is InChI=1S/C12H12N2O3S/c1-7(15)4-11(16)14-9-5-8(13)2-3-10(9)18-6-12(14)17/h2-3,5H,4,6,13H2,1H3. The van der Waals surface area contributed by atoms with Crippen LogP contribution in [0.1, 0.15) is 13.3 Å². The zero-order valence-electron chi connectivity index (χ0n) is 9.80. The molecule has 1 aromatic carbocycles. The number of ketones is 1. The number of thioether (sulfide) groups is 1. The number of anilines is 2. The number of nitrogen functional groups attached to an aromatic ring is 1. The first-order valence-electron chi connectivity index (χ1n) is 5.36. The van der Waals surface area contributed by atoms with Crippen molar-refractivity contribution in [2.24, 2.45) is 0 Å². The lowest BCUT2D eigenvalue weighted by Crippen LogP contribution is -2.41. The summed E-state index contributed by atoms with van der Waals surface area (Å²) in [6, 6.07) is 5.07. The van der Waals surface area contributed by atoms with Crippen molar-refractivity contribution in [3.8, 4) is 0 Å². The van der Waals surface area contributed by atoms with Crippen LogP contribution in [-0.2, 0) is 14.4 Å². The third-order valence-corrected chi connectivity index (χ3v) is 3.52. The van der Waals surface area contributed by atoms with E-state index in [0.29, 0.717) is 11.4 Å². The lowest BCUT2D eigenvalue weighted by atomic mass is 10.2. The van der Waals surface area contributed by atoms with Crippen LogP contribution in [0.25, 0.3) is 0 Å². The van der Waals surface area contributed by atoms with Crippen molar-refractivity contribution in [2.45, 2.75) is 18.2 Å². The molecular formula is C12H12N2O3S. The normalized spacial score (nSPS) is 14.3. The lowest BCUT2D eigenvalue weighted by Gasteiger charge is -2.27. The van der Waals surface area contributed by atoms with E-state index in [1.54, 1.807) is 18.2 Å². The van der Waals surface area contributed by atoms with Gasteiger partial charge in [-0.05, 0) is 25.1 Å². The number of amides is 2. The van der Waals surface area contributed by atoms with E-state index in [0.717, 1.165) is 9.80 Å². The Kier molecular flexibility index (Phi) is 3.38. The van der Waals surface area contributed by atoms with Gasteiger partial charge < -0.3 is 5.73 Å². The van der Waals surface area contributed by atoms with Crippen molar-refractivity contribution in [3.63, 3.8) is 0 Å². The van der Waals surface area contributed by atoms with E-state index in [1.165, 1.54) is 18.7 Å². The first kappa shape index (κ1) is 12.6. The number of fused-ring (bicyclic) bond motifs is 1. The van der Waals surface area contributed by atoms with Crippen LogP contribution in [0.4, 0.5) is 11.4 Å². The summed E-state index contributed by atoms with van der Waals surface area (Å²) in [5, 5.41) is 0. The Morgan fingerprint density at radius 3 is 2.83 bits per heavy atom. The fourth-order valence-corrected chi connectivity index (χ4v) is 2.61. The van der Waals surface area contributed by atoms with E-state index in [9.17, 15) is 14.4 Å². The van der Waals surface area contributed by atoms with Gasteiger partial charge >= 0.3 is 0 Å². The maximum Gasteiger partial charge on any atom is 0.244 e. The molecule has 0 aromatic heterocycles. The Morgan fingerprint density at radius 2 is 2.17 bits per heavy atom. The molecule has 18 heavy (non-hydrogen) atoms. The number of benzene rings is 1.